The van der Waals surface area contributed by atoms with Gasteiger partial charge in [0, 0.05) is 51.9 Å². The molecule has 0 radical (unpaired) electrons. The first-order valence-electron chi connectivity index (χ1n) is 12.1. The van der Waals surface area contributed by atoms with Crippen molar-refractivity contribution in [3.8, 4) is 0 Å². The number of hydrogen-bond donors (Lipinski definition) is 2. The zero-order valence-corrected chi connectivity index (χ0v) is 22.3. The Labute approximate surface area is 211 Å². The maximum atomic E-state index is 5.78. The number of benzene rings is 1. The number of guanidine groups is 1. The highest BCUT2D eigenvalue weighted by Crippen LogP contribution is 2.23. The van der Waals surface area contributed by atoms with E-state index in [1.54, 1.807) is 0 Å². The largest absolute Gasteiger partial charge is 0.381 e. The van der Waals surface area contributed by atoms with Crippen molar-refractivity contribution in [2.24, 2.45) is 10.9 Å². The second kappa shape index (κ2) is 15.9. The minimum Gasteiger partial charge on any atom is -0.381 e. The second-order valence-electron chi connectivity index (χ2n) is 8.99. The zero-order chi connectivity index (χ0) is 21.7. The summed E-state index contributed by atoms with van der Waals surface area (Å²) < 4.78 is 11.2. The summed E-state index contributed by atoms with van der Waals surface area (Å²) in [5.74, 6) is 1.43. The number of rotatable bonds is 11. The van der Waals surface area contributed by atoms with Gasteiger partial charge in [0.05, 0.1) is 13.2 Å². The smallest absolute Gasteiger partial charge is 0.191 e. The second-order valence-corrected chi connectivity index (χ2v) is 8.99. The summed E-state index contributed by atoms with van der Waals surface area (Å²) in [5.41, 5.74) is 2.75. The van der Waals surface area contributed by atoms with Crippen molar-refractivity contribution in [3.63, 3.8) is 0 Å². The van der Waals surface area contributed by atoms with E-state index in [2.05, 4.69) is 51.8 Å². The molecule has 6 nitrogen and oxygen atoms in total. The van der Waals surface area contributed by atoms with Crippen LogP contribution in [0.3, 0.4) is 0 Å². The molecular weight excluding hydrogens is 515 g/mol. The lowest BCUT2D eigenvalue weighted by atomic mass is 9.94. The highest BCUT2D eigenvalue weighted by atomic mass is 127. The van der Waals surface area contributed by atoms with E-state index >= 15 is 0 Å². The van der Waals surface area contributed by atoms with Gasteiger partial charge in [-0.3, -0.25) is 9.89 Å². The minimum atomic E-state index is 0. The van der Waals surface area contributed by atoms with Gasteiger partial charge in [-0.2, -0.15) is 0 Å². The molecular formula is C25H43IN4O2. The van der Waals surface area contributed by atoms with Crippen LogP contribution in [0.1, 0.15) is 56.1 Å². The molecule has 1 aliphatic heterocycles. The van der Waals surface area contributed by atoms with Crippen LogP contribution in [-0.4, -0.2) is 64.0 Å². The molecule has 0 bridgehead atoms. The number of halogens is 1. The van der Waals surface area contributed by atoms with Gasteiger partial charge in [-0.25, -0.2) is 0 Å². The first-order valence-corrected chi connectivity index (χ1v) is 12.1. The van der Waals surface area contributed by atoms with Gasteiger partial charge in [-0.1, -0.05) is 43.5 Å². The molecule has 0 amide bonds. The van der Waals surface area contributed by atoms with Gasteiger partial charge in [-0.15, -0.1) is 24.0 Å². The molecule has 1 saturated carbocycles. The molecule has 3 rings (SSSR count). The number of hydrogen-bond acceptors (Lipinski definition) is 4. The molecule has 2 N–H and O–H groups in total. The van der Waals surface area contributed by atoms with E-state index in [0.717, 1.165) is 70.9 Å². The normalized spacial score (nSPS) is 19.7. The summed E-state index contributed by atoms with van der Waals surface area (Å²) in [6, 6.07) is 9.50. The Hall–Kier alpha value is -0.900. The maximum Gasteiger partial charge on any atom is 0.191 e. The fourth-order valence-electron chi connectivity index (χ4n) is 4.55. The molecule has 0 spiro atoms. The molecule has 1 heterocycles. The van der Waals surface area contributed by atoms with Crippen molar-refractivity contribution in [1.29, 1.82) is 0 Å². The molecule has 1 aliphatic carbocycles. The fourth-order valence-corrected chi connectivity index (χ4v) is 4.55. The van der Waals surface area contributed by atoms with Crippen LogP contribution in [0.4, 0.5) is 0 Å². The summed E-state index contributed by atoms with van der Waals surface area (Å²) in [7, 11) is 4.11. The Balaban J connectivity index is 0.00000363. The van der Waals surface area contributed by atoms with Gasteiger partial charge >= 0.3 is 0 Å². The van der Waals surface area contributed by atoms with Crippen molar-refractivity contribution in [2.45, 2.75) is 64.1 Å². The van der Waals surface area contributed by atoms with Gasteiger partial charge in [-0.05, 0) is 43.9 Å². The molecule has 182 valence electrons. The predicted molar refractivity (Wildman–Crippen MR) is 143 cm³/mol. The molecule has 1 atom stereocenters. The highest BCUT2D eigenvalue weighted by Gasteiger charge is 2.19. The van der Waals surface area contributed by atoms with Gasteiger partial charge in [0.2, 0.25) is 0 Å². The molecule has 7 heteroatoms. The Kier molecular flexibility index (Phi) is 13.5. The third kappa shape index (κ3) is 9.53. The molecule has 2 fully saturated rings. The first-order chi connectivity index (χ1) is 15.3. The van der Waals surface area contributed by atoms with Gasteiger partial charge < -0.3 is 20.1 Å². The summed E-state index contributed by atoms with van der Waals surface area (Å²) in [4.78, 5) is 6.92. The van der Waals surface area contributed by atoms with E-state index in [-0.39, 0.29) is 24.0 Å². The number of ether oxygens (including phenoxy) is 2. The lowest BCUT2D eigenvalue weighted by molar-refractivity contribution is 0.0888. The lowest BCUT2D eigenvalue weighted by Crippen LogP contribution is -2.38. The minimum absolute atomic E-state index is 0. The highest BCUT2D eigenvalue weighted by molar-refractivity contribution is 14.0. The van der Waals surface area contributed by atoms with Crippen LogP contribution >= 0.6 is 24.0 Å². The molecule has 2 aliphatic rings. The maximum absolute atomic E-state index is 5.78. The SMILES string of the molecule is CN=C(NCCCOCC1CCOC1)NCc1ccccc1CN(C)C1CCCCC1.I. The third-order valence-corrected chi connectivity index (χ3v) is 6.54. The monoisotopic (exact) mass is 558 g/mol. The van der Waals surface area contributed by atoms with Crippen molar-refractivity contribution >= 4 is 29.9 Å². The standard InChI is InChI=1S/C25H42N4O2.HI/c1-26-25(27-14-8-15-30-19-21-13-16-31-20-21)28-17-22-9-6-7-10-23(22)18-29(2)24-11-4-3-5-12-24;/h6-7,9-10,21,24H,3-5,8,11-20H2,1-2H3,(H2,26,27,28);1H. The quantitative estimate of drug-likeness (QED) is 0.185. The van der Waals surface area contributed by atoms with Crippen molar-refractivity contribution in [2.75, 3.05) is 47.1 Å². The van der Waals surface area contributed by atoms with Crippen molar-refractivity contribution < 1.29 is 9.47 Å². The Morgan fingerprint density at radius 1 is 1.12 bits per heavy atom. The average molecular weight is 559 g/mol. The molecule has 1 aromatic rings. The zero-order valence-electron chi connectivity index (χ0n) is 20.0. The fraction of sp³-hybridized carbons (Fsp3) is 0.720. The van der Waals surface area contributed by atoms with Crippen molar-refractivity contribution in [3.05, 3.63) is 35.4 Å². The molecule has 1 aromatic carbocycles. The van der Waals surface area contributed by atoms with Crippen LogP contribution in [0.5, 0.6) is 0 Å². The van der Waals surface area contributed by atoms with Gasteiger partial charge in [0.25, 0.3) is 0 Å². The Morgan fingerprint density at radius 3 is 2.62 bits per heavy atom. The van der Waals surface area contributed by atoms with Crippen LogP contribution in [0.15, 0.2) is 29.3 Å². The topological polar surface area (TPSA) is 58.1 Å². The van der Waals surface area contributed by atoms with Crippen LogP contribution in [0.25, 0.3) is 0 Å². The summed E-state index contributed by atoms with van der Waals surface area (Å²) >= 11 is 0. The van der Waals surface area contributed by atoms with E-state index < -0.39 is 0 Å². The van der Waals surface area contributed by atoms with Crippen LogP contribution < -0.4 is 10.6 Å². The summed E-state index contributed by atoms with van der Waals surface area (Å²) in [5, 5.41) is 6.88. The van der Waals surface area contributed by atoms with E-state index in [1.165, 1.54) is 43.2 Å². The van der Waals surface area contributed by atoms with Crippen molar-refractivity contribution in [1.82, 2.24) is 15.5 Å². The van der Waals surface area contributed by atoms with Crippen LogP contribution in [-0.2, 0) is 22.6 Å². The summed E-state index contributed by atoms with van der Waals surface area (Å²) in [6.07, 6.45) is 8.93. The average Bonchev–Trinajstić information content (AvgIpc) is 3.33. The van der Waals surface area contributed by atoms with Crippen LogP contribution in [0, 0.1) is 5.92 Å². The third-order valence-electron chi connectivity index (χ3n) is 6.54. The summed E-state index contributed by atoms with van der Waals surface area (Å²) in [6.45, 7) is 5.98. The molecule has 1 unspecified atom stereocenters. The van der Waals surface area contributed by atoms with E-state index in [1.807, 2.05) is 7.05 Å². The number of aliphatic imine (C=N–C) groups is 1. The van der Waals surface area contributed by atoms with E-state index in [4.69, 9.17) is 9.47 Å². The number of nitrogens with zero attached hydrogens (tertiary/aromatic N) is 2. The predicted octanol–water partition coefficient (Wildman–Crippen LogP) is 4.18. The van der Waals surface area contributed by atoms with Gasteiger partial charge in [0.1, 0.15) is 0 Å². The van der Waals surface area contributed by atoms with E-state index in [0.29, 0.717) is 5.92 Å². The Morgan fingerprint density at radius 2 is 1.91 bits per heavy atom. The molecule has 32 heavy (non-hydrogen) atoms. The first kappa shape index (κ1) is 27.3. The Bertz CT molecular complexity index is 661. The molecule has 0 aromatic heterocycles. The number of nitrogens with one attached hydrogen (secondary N) is 2. The van der Waals surface area contributed by atoms with Gasteiger partial charge in [0.15, 0.2) is 5.96 Å². The molecule has 1 saturated heterocycles. The van der Waals surface area contributed by atoms with E-state index in [9.17, 15) is 0 Å². The van der Waals surface area contributed by atoms with Crippen LogP contribution in [0.2, 0.25) is 0 Å². The lowest BCUT2D eigenvalue weighted by Gasteiger charge is -2.31.